The van der Waals surface area contributed by atoms with E-state index in [0.717, 1.165) is 25.1 Å². The largest absolute Gasteiger partial charge is 0.330 e. The van der Waals surface area contributed by atoms with Gasteiger partial charge in [-0.2, -0.15) is 0 Å². The molecule has 0 atom stereocenters. The number of rotatable bonds is 13. The molecule has 102 valence electrons. The van der Waals surface area contributed by atoms with Crippen LogP contribution in [0.5, 0.6) is 0 Å². The van der Waals surface area contributed by atoms with Crippen LogP contribution in [0.2, 0.25) is 0 Å². The first-order valence-electron chi connectivity index (χ1n) is 7.57. The number of nitrogens with two attached hydrogens (primary N) is 1. The summed E-state index contributed by atoms with van der Waals surface area (Å²) in [5, 5.41) is 7.85. The third-order valence-electron chi connectivity index (χ3n) is 3.26. The Labute approximate surface area is 108 Å². The van der Waals surface area contributed by atoms with Crippen LogP contribution in [0.3, 0.4) is 0 Å². The molecule has 0 saturated heterocycles. The summed E-state index contributed by atoms with van der Waals surface area (Å²) in [5.41, 5.74) is 6.42. The monoisotopic (exact) mass is 240 g/mol. The van der Waals surface area contributed by atoms with E-state index in [1.165, 1.54) is 64.2 Å². The number of nitrogens with one attached hydrogen (secondary N) is 1. The third-order valence-corrected chi connectivity index (χ3v) is 3.26. The number of unbranched alkanes of at least 4 members (excludes halogenated alkanes) is 8. The molecule has 0 bridgehead atoms. The van der Waals surface area contributed by atoms with Crippen LogP contribution in [0.25, 0.3) is 0 Å². The molecule has 0 aliphatic carbocycles. The van der Waals surface area contributed by atoms with Crippen molar-refractivity contribution in [3.63, 3.8) is 0 Å². The van der Waals surface area contributed by atoms with E-state index in [9.17, 15) is 0 Å². The molecular weight excluding hydrogens is 208 g/mol. The molecule has 0 unspecified atom stereocenters. The van der Waals surface area contributed by atoms with E-state index < -0.39 is 0 Å². The first-order valence-corrected chi connectivity index (χ1v) is 7.57. The van der Waals surface area contributed by atoms with Crippen LogP contribution >= 0.6 is 0 Å². The fraction of sp³-hybridized carbons (Fsp3) is 0.933. The minimum absolute atomic E-state index is 0.836. The fourth-order valence-electron chi connectivity index (χ4n) is 2.08. The van der Waals surface area contributed by atoms with Crippen LogP contribution < -0.4 is 5.73 Å². The molecule has 3 N–H and O–H groups in total. The van der Waals surface area contributed by atoms with E-state index in [0.29, 0.717) is 0 Å². The lowest BCUT2D eigenvalue weighted by molar-refractivity contribution is 0.601. The van der Waals surface area contributed by atoms with Crippen molar-refractivity contribution >= 4 is 5.71 Å². The maximum absolute atomic E-state index is 7.85. The highest BCUT2D eigenvalue weighted by atomic mass is 14.5. The first-order chi connectivity index (χ1) is 8.31. The zero-order valence-corrected chi connectivity index (χ0v) is 11.8. The molecule has 17 heavy (non-hydrogen) atoms. The maximum atomic E-state index is 7.85. The fourth-order valence-corrected chi connectivity index (χ4v) is 2.08. The maximum Gasteiger partial charge on any atom is 0.00891 e. The summed E-state index contributed by atoms with van der Waals surface area (Å²) in [7, 11) is 0. The molecule has 0 radical (unpaired) electrons. The van der Waals surface area contributed by atoms with Crippen molar-refractivity contribution in [1.82, 2.24) is 0 Å². The molecule has 0 aliphatic rings. The van der Waals surface area contributed by atoms with Gasteiger partial charge >= 0.3 is 0 Å². The summed E-state index contributed by atoms with van der Waals surface area (Å²) in [6.07, 6.45) is 14.8. The second-order valence-electron chi connectivity index (χ2n) is 5.07. The lowest BCUT2D eigenvalue weighted by Crippen LogP contribution is -1.98. The summed E-state index contributed by atoms with van der Waals surface area (Å²) in [4.78, 5) is 0. The van der Waals surface area contributed by atoms with Crippen LogP contribution in [0, 0.1) is 5.41 Å². The van der Waals surface area contributed by atoms with Crippen molar-refractivity contribution < 1.29 is 0 Å². The highest BCUT2D eigenvalue weighted by Gasteiger charge is 1.98. The van der Waals surface area contributed by atoms with Gasteiger partial charge in [-0.15, -0.1) is 0 Å². The summed E-state index contributed by atoms with van der Waals surface area (Å²) in [6, 6.07) is 0. The van der Waals surface area contributed by atoms with Gasteiger partial charge in [-0.3, -0.25) is 0 Å². The Morgan fingerprint density at radius 2 is 1.24 bits per heavy atom. The smallest absolute Gasteiger partial charge is 0.00891 e. The van der Waals surface area contributed by atoms with Gasteiger partial charge in [0.2, 0.25) is 0 Å². The SMILES string of the molecule is CCCCCCC(=N)CCCCCCCCN. The van der Waals surface area contributed by atoms with Crippen LogP contribution in [0.4, 0.5) is 0 Å². The lowest BCUT2D eigenvalue weighted by atomic mass is 10.0. The molecule has 0 amide bonds. The summed E-state index contributed by atoms with van der Waals surface area (Å²) < 4.78 is 0. The van der Waals surface area contributed by atoms with Crippen LogP contribution in [-0.2, 0) is 0 Å². The molecule has 0 aromatic carbocycles. The molecule has 0 fully saturated rings. The van der Waals surface area contributed by atoms with E-state index in [2.05, 4.69) is 6.92 Å². The molecule has 0 aliphatic heterocycles. The molecule has 2 nitrogen and oxygen atoms in total. The van der Waals surface area contributed by atoms with Crippen molar-refractivity contribution in [3.05, 3.63) is 0 Å². The van der Waals surface area contributed by atoms with Gasteiger partial charge in [-0.05, 0) is 38.6 Å². The molecule has 0 spiro atoms. The average molecular weight is 240 g/mol. The topological polar surface area (TPSA) is 49.9 Å². The number of hydrogen-bond acceptors (Lipinski definition) is 2. The quantitative estimate of drug-likeness (QED) is 0.357. The van der Waals surface area contributed by atoms with Crippen LogP contribution in [0.1, 0.15) is 84.0 Å². The lowest BCUT2D eigenvalue weighted by Gasteiger charge is -2.04. The Morgan fingerprint density at radius 1 is 0.765 bits per heavy atom. The number of hydrogen-bond donors (Lipinski definition) is 2. The zero-order chi connectivity index (χ0) is 12.8. The Morgan fingerprint density at radius 3 is 1.76 bits per heavy atom. The van der Waals surface area contributed by atoms with Crippen molar-refractivity contribution in [2.45, 2.75) is 84.0 Å². The van der Waals surface area contributed by atoms with Gasteiger partial charge < -0.3 is 11.1 Å². The molecule has 2 heteroatoms. The predicted molar refractivity (Wildman–Crippen MR) is 77.9 cm³/mol. The normalized spacial score (nSPS) is 10.7. The molecule has 0 aromatic heterocycles. The van der Waals surface area contributed by atoms with Gasteiger partial charge in [-0.1, -0.05) is 51.9 Å². The second kappa shape index (κ2) is 13.7. The van der Waals surface area contributed by atoms with Gasteiger partial charge in [0.1, 0.15) is 0 Å². The molecule has 0 heterocycles. The van der Waals surface area contributed by atoms with Gasteiger partial charge in [-0.25, -0.2) is 0 Å². The first kappa shape index (κ1) is 16.6. The van der Waals surface area contributed by atoms with Crippen molar-refractivity contribution in [2.24, 2.45) is 5.73 Å². The zero-order valence-electron chi connectivity index (χ0n) is 11.8. The van der Waals surface area contributed by atoms with E-state index in [1.54, 1.807) is 0 Å². The van der Waals surface area contributed by atoms with Gasteiger partial charge in [0.05, 0.1) is 0 Å². The van der Waals surface area contributed by atoms with E-state index in [1.807, 2.05) is 0 Å². The van der Waals surface area contributed by atoms with Gasteiger partial charge in [0, 0.05) is 5.71 Å². The minimum atomic E-state index is 0.836. The average Bonchev–Trinajstić information content (AvgIpc) is 2.33. The van der Waals surface area contributed by atoms with Crippen LogP contribution in [0.15, 0.2) is 0 Å². The molecule has 0 aromatic rings. The Bertz CT molecular complexity index is 166. The molecule has 0 rings (SSSR count). The van der Waals surface area contributed by atoms with Crippen LogP contribution in [-0.4, -0.2) is 12.3 Å². The van der Waals surface area contributed by atoms with Crippen molar-refractivity contribution in [3.8, 4) is 0 Å². The third kappa shape index (κ3) is 13.6. The predicted octanol–water partition coefficient (Wildman–Crippen LogP) is 4.67. The van der Waals surface area contributed by atoms with Crippen molar-refractivity contribution in [1.29, 1.82) is 5.41 Å². The Hall–Kier alpha value is -0.370. The summed E-state index contributed by atoms with van der Waals surface area (Å²) >= 11 is 0. The summed E-state index contributed by atoms with van der Waals surface area (Å²) in [5.74, 6) is 0. The van der Waals surface area contributed by atoms with Gasteiger partial charge in [0.15, 0.2) is 0 Å². The highest BCUT2D eigenvalue weighted by Crippen LogP contribution is 2.10. The van der Waals surface area contributed by atoms with E-state index in [4.69, 9.17) is 11.1 Å². The summed E-state index contributed by atoms with van der Waals surface area (Å²) in [6.45, 7) is 3.07. The second-order valence-corrected chi connectivity index (χ2v) is 5.07. The Kier molecular flexibility index (Phi) is 13.4. The van der Waals surface area contributed by atoms with E-state index in [-0.39, 0.29) is 0 Å². The minimum Gasteiger partial charge on any atom is -0.330 e. The van der Waals surface area contributed by atoms with Gasteiger partial charge in [0.25, 0.3) is 0 Å². The van der Waals surface area contributed by atoms with E-state index >= 15 is 0 Å². The van der Waals surface area contributed by atoms with Crippen molar-refractivity contribution in [2.75, 3.05) is 6.54 Å². The molecular formula is C15H32N2. The Balaban J connectivity index is 3.11. The standard InChI is InChI=1S/C15H32N2/c1-2-3-4-9-12-15(17)13-10-7-5-6-8-11-14-16/h17H,2-14,16H2,1H3. The molecule has 0 saturated carbocycles. The highest BCUT2D eigenvalue weighted by molar-refractivity contribution is 5.81.